The van der Waals surface area contributed by atoms with Gasteiger partial charge in [-0.25, -0.2) is 0 Å². The number of aliphatic carboxylic acids is 1. The fourth-order valence-corrected chi connectivity index (χ4v) is 5.11. The Kier molecular flexibility index (Phi) is 4.15. The maximum absolute atomic E-state index is 11.3. The lowest BCUT2D eigenvalue weighted by Gasteiger charge is -2.54. The molecule has 0 aromatic heterocycles. The Hall–Kier alpha value is -2.24. The van der Waals surface area contributed by atoms with Crippen LogP contribution >= 0.6 is 0 Å². The molecule has 0 radical (unpaired) electrons. The molecular weight excluding hydrogens is 310 g/mol. The molecule has 1 aromatic carbocycles. The molecule has 5 N–H and O–H groups in total. The minimum Gasteiger partial charge on any atom is -0.508 e. The van der Waals surface area contributed by atoms with Gasteiger partial charge in [0.2, 0.25) is 5.91 Å². The second kappa shape index (κ2) is 6.00. The van der Waals surface area contributed by atoms with E-state index in [4.69, 9.17) is 15.9 Å². The summed E-state index contributed by atoms with van der Waals surface area (Å²) in [5, 5.41) is 27.0. The van der Waals surface area contributed by atoms with E-state index in [1.165, 1.54) is 31.4 Å². The molecule has 4 fully saturated rings. The van der Waals surface area contributed by atoms with Crippen molar-refractivity contribution >= 4 is 11.9 Å². The number of carbonyl (C=O) groups excluding carboxylic acids is 1. The number of carboxylic acids is 1. The van der Waals surface area contributed by atoms with Crippen molar-refractivity contribution in [3.63, 3.8) is 0 Å². The number of benzene rings is 1. The smallest absolute Gasteiger partial charge is 0.309 e. The fourth-order valence-electron chi connectivity index (χ4n) is 5.11. The average Bonchev–Trinajstić information content (AvgIpc) is 2.45. The number of aromatic hydroxyl groups is 2. The van der Waals surface area contributed by atoms with Gasteiger partial charge < -0.3 is 21.1 Å². The first-order valence-electron chi connectivity index (χ1n) is 8.33. The lowest BCUT2D eigenvalue weighted by molar-refractivity contribution is -0.164. The molecule has 4 aliphatic carbocycles. The first kappa shape index (κ1) is 16.6. The number of phenolic OH excluding ortho intramolecular Hbond substituents is 2. The number of nitrogens with two attached hydrogens (primary N) is 1. The standard InChI is InChI=1S/C11H16O2.C7H7NO3/c12-10(13)11-4-7-1-8(5-11)3-9(2-7)6-11;8-7(11)4-1-5(9)3-6(10)2-4/h7-9H,1-6H2,(H,12,13);1-3,9-10H,(H2,8,11). The lowest BCUT2D eigenvalue weighted by Crippen LogP contribution is -2.49. The predicted octanol–water partition coefficient (Wildman–Crippen LogP) is 2.48. The second-order valence-electron chi connectivity index (χ2n) is 7.61. The number of phenols is 2. The van der Waals surface area contributed by atoms with E-state index in [1.54, 1.807) is 0 Å². The molecular formula is C18H23NO5. The molecule has 1 aromatic rings. The van der Waals surface area contributed by atoms with Crippen LogP contribution in [0.25, 0.3) is 0 Å². The highest BCUT2D eigenvalue weighted by Gasteiger charge is 2.54. The molecule has 0 atom stereocenters. The molecule has 0 aliphatic heterocycles. The lowest BCUT2D eigenvalue weighted by atomic mass is 9.49. The molecule has 6 nitrogen and oxygen atoms in total. The van der Waals surface area contributed by atoms with Gasteiger partial charge in [-0.3, -0.25) is 9.59 Å². The molecule has 5 rings (SSSR count). The van der Waals surface area contributed by atoms with E-state index < -0.39 is 11.9 Å². The normalized spacial score (nSPS) is 32.8. The molecule has 6 heteroatoms. The Morgan fingerprint density at radius 1 is 0.917 bits per heavy atom. The van der Waals surface area contributed by atoms with E-state index in [1.807, 2.05) is 0 Å². The number of amides is 1. The van der Waals surface area contributed by atoms with E-state index in [-0.39, 0.29) is 22.5 Å². The van der Waals surface area contributed by atoms with Gasteiger partial charge in [0, 0.05) is 11.6 Å². The largest absolute Gasteiger partial charge is 0.508 e. The van der Waals surface area contributed by atoms with Crippen LogP contribution in [0.1, 0.15) is 48.9 Å². The SMILES string of the molecule is NC(=O)c1cc(O)cc(O)c1.O=C(O)C12CC3CC(CC(C3)C1)C2. The maximum atomic E-state index is 11.3. The number of rotatable bonds is 2. The Morgan fingerprint density at radius 3 is 1.67 bits per heavy atom. The van der Waals surface area contributed by atoms with E-state index >= 15 is 0 Å². The fraction of sp³-hybridized carbons (Fsp3) is 0.556. The first-order valence-corrected chi connectivity index (χ1v) is 8.33. The van der Waals surface area contributed by atoms with Crippen molar-refractivity contribution in [2.45, 2.75) is 38.5 Å². The van der Waals surface area contributed by atoms with Crippen molar-refractivity contribution in [1.82, 2.24) is 0 Å². The van der Waals surface area contributed by atoms with Crippen LogP contribution in [0.5, 0.6) is 11.5 Å². The number of carbonyl (C=O) groups is 2. The summed E-state index contributed by atoms with van der Waals surface area (Å²) in [5.74, 6) is 0.701. The van der Waals surface area contributed by atoms with Crippen LogP contribution in [0.4, 0.5) is 0 Å². The Morgan fingerprint density at radius 2 is 1.33 bits per heavy atom. The minimum atomic E-state index is -0.684. The second-order valence-corrected chi connectivity index (χ2v) is 7.61. The monoisotopic (exact) mass is 333 g/mol. The van der Waals surface area contributed by atoms with Gasteiger partial charge in [-0.2, -0.15) is 0 Å². The summed E-state index contributed by atoms with van der Waals surface area (Å²) >= 11 is 0. The quantitative estimate of drug-likeness (QED) is 0.662. The van der Waals surface area contributed by atoms with Crippen LogP contribution in [0.15, 0.2) is 18.2 Å². The first-order chi connectivity index (χ1) is 11.3. The van der Waals surface area contributed by atoms with Gasteiger partial charge in [-0.05, 0) is 68.4 Å². The van der Waals surface area contributed by atoms with Crippen molar-refractivity contribution in [3.05, 3.63) is 23.8 Å². The highest BCUT2D eigenvalue weighted by atomic mass is 16.4. The molecule has 0 spiro atoms. The van der Waals surface area contributed by atoms with Crippen molar-refractivity contribution in [3.8, 4) is 11.5 Å². The van der Waals surface area contributed by atoms with Gasteiger partial charge in [0.05, 0.1) is 5.41 Å². The van der Waals surface area contributed by atoms with Crippen LogP contribution in [0, 0.1) is 23.2 Å². The zero-order chi connectivity index (χ0) is 17.5. The average molecular weight is 333 g/mol. The Balaban J connectivity index is 0.000000144. The number of carboxylic acid groups (broad SMARTS) is 1. The summed E-state index contributed by atoms with van der Waals surface area (Å²) in [6.07, 6.45) is 6.92. The van der Waals surface area contributed by atoms with Gasteiger partial charge in [0.15, 0.2) is 0 Å². The van der Waals surface area contributed by atoms with Crippen molar-refractivity contribution in [2.75, 3.05) is 0 Å². The van der Waals surface area contributed by atoms with E-state index in [0.717, 1.165) is 43.1 Å². The maximum Gasteiger partial charge on any atom is 0.309 e. The van der Waals surface area contributed by atoms with Crippen molar-refractivity contribution < 1.29 is 24.9 Å². The van der Waals surface area contributed by atoms with Gasteiger partial charge in [0.25, 0.3) is 0 Å². The molecule has 1 amide bonds. The van der Waals surface area contributed by atoms with Gasteiger partial charge in [-0.15, -0.1) is 0 Å². The highest BCUT2D eigenvalue weighted by Crippen LogP contribution is 2.59. The van der Waals surface area contributed by atoms with E-state index in [2.05, 4.69) is 0 Å². The molecule has 4 aliphatic rings. The molecule has 4 bridgehead atoms. The van der Waals surface area contributed by atoms with Crippen molar-refractivity contribution in [1.29, 1.82) is 0 Å². The summed E-state index contributed by atoms with van der Waals surface area (Å²) in [7, 11) is 0. The van der Waals surface area contributed by atoms with Crippen LogP contribution in [0.3, 0.4) is 0 Å². The summed E-state index contributed by atoms with van der Waals surface area (Å²) in [5.41, 5.74) is 4.69. The summed E-state index contributed by atoms with van der Waals surface area (Å²) in [6.45, 7) is 0. The van der Waals surface area contributed by atoms with Crippen LogP contribution in [-0.2, 0) is 4.79 Å². The topological polar surface area (TPSA) is 121 Å². The predicted molar refractivity (Wildman–Crippen MR) is 86.5 cm³/mol. The summed E-state index contributed by atoms with van der Waals surface area (Å²) in [6, 6.07) is 3.48. The van der Waals surface area contributed by atoms with Crippen LogP contribution < -0.4 is 5.73 Å². The minimum absolute atomic E-state index is 0.0856. The number of hydrogen-bond acceptors (Lipinski definition) is 4. The number of primary amides is 1. The zero-order valence-corrected chi connectivity index (χ0v) is 13.4. The molecule has 24 heavy (non-hydrogen) atoms. The van der Waals surface area contributed by atoms with Crippen LogP contribution in [-0.4, -0.2) is 27.2 Å². The van der Waals surface area contributed by atoms with Crippen LogP contribution in [0.2, 0.25) is 0 Å². The third-order valence-electron chi connectivity index (χ3n) is 5.68. The molecule has 0 heterocycles. The van der Waals surface area contributed by atoms with Gasteiger partial charge >= 0.3 is 5.97 Å². The Labute approximate surface area is 140 Å². The summed E-state index contributed by atoms with van der Waals surface area (Å²) < 4.78 is 0. The third kappa shape index (κ3) is 3.18. The number of hydrogen-bond donors (Lipinski definition) is 4. The molecule has 4 saturated carbocycles. The molecule has 0 saturated heterocycles. The van der Waals surface area contributed by atoms with Crippen molar-refractivity contribution in [2.24, 2.45) is 28.9 Å². The van der Waals surface area contributed by atoms with Gasteiger partial charge in [-0.1, -0.05) is 0 Å². The molecule has 130 valence electrons. The summed E-state index contributed by atoms with van der Waals surface area (Å²) in [4.78, 5) is 21.8. The highest BCUT2D eigenvalue weighted by molar-refractivity contribution is 5.93. The molecule has 0 unspecified atom stereocenters. The van der Waals surface area contributed by atoms with Gasteiger partial charge in [0.1, 0.15) is 11.5 Å². The Bertz CT molecular complexity index is 614. The zero-order valence-electron chi connectivity index (χ0n) is 13.4. The van der Waals surface area contributed by atoms with E-state index in [0.29, 0.717) is 0 Å². The third-order valence-corrected chi connectivity index (χ3v) is 5.68. The van der Waals surface area contributed by atoms with E-state index in [9.17, 15) is 14.7 Å².